The van der Waals surface area contributed by atoms with E-state index in [2.05, 4.69) is 4.72 Å². The third-order valence-electron chi connectivity index (χ3n) is 3.01. The molecule has 0 saturated heterocycles. The summed E-state index contributed by atoms with van der Waals surface area (Å²) in [6.45, 7) is 1.44. The van der Waals surface area contributed by atoms with E-state index in [1.807, 2.05) is 0 Å². The minimum absolute atomic E-state index is 0.0206. The third-order valence-corrected chi connectivity index (χ3v) is 5.56. The number of sulfonamides is 1. The fourth-order valence-corrected chi connectivity index (χ4v) is 3.97. The van der Waals surface area contributed by atoms with Crippen molar-refractivity contribution in [3.8, 4) is 0 Å². The van der Waals surface area contributed by atoms with Crippen molar-refractivity contribution in [1.82, 2.24) is 0 Å². The highest BCUT2D eigenvalue weighted by atomic mass is 35.5. The van der Waals surface area contributed by atoms with Crippen molar-refractivity contribution < 1.29 is 13.3 Å². The molecule has 0 amide bonds. The Morgan fingerprint density at radius 3 is 2.30 bits per heavy atom. The summed E-state index contributed by atoms with van der Waals surface area (Å²) in [6.07, 6.45) is 0. The van der Waals surface area contributed by atoms with Crippen LogP contribution in [0.5, 0.6) is 0 Å². The number of nitrogens with one attached hydrogen (secondary N) is 1. The minimum Gasteiger partial charge on any atom is -0.279 e. The van der Waals surface area contributed by atoms with E-state index in [9.17, 15) is 18.5 Å². The molecule has 0 fully saturated rings. The molecule has 0 heterocycles. The number of hydrogen-bond acceptors (Lipinski definition) is 4. The number of rotatable bonds is 4. The van der Waals surface area contributed by atoms with Gasteiger partial charge in [0.05, 0.1) is 31.2 Å². The van der Waals surface area contributed by atoms with Gasteiger partial charge in [-0.2, -0.15) is 0 Å². The van der Waals surface area contributed by atoms with Crippen molar-refractivity contribution in [2.75, 3.05) is 4.72 Å². The van der Waals surface area contributed by atoms with Gasteiger partial charge >= 0.3 is 0 Å². The molecule has 10 heteroatoms. The van der Waals surface area contributed by atoms with Gasteiger partial charge in [-0.25, -0.2) is 8.42 Å². The Labute approximate surface area is 147 Å². The van der Waals surface area contributed by atoms with Crippen LogP contribution in [0.1, 0.15) is 5.56 Å². The zero-order valence-corrected chi connectivity index (χ0v) is 14.6. The molecule has 0 aliphatic rings. The van der Waals surface area contributed by atoms with Crippen molar-refractivity contribution in [2.45, 2.75) is 11.8 Å². The summed E-state index contributed by atoms with van der Waals surface area (Å²) < 4.78 is 27.2. The number of benzene rings is 2. The van der Waals surface area contributed by atoms with Crippen molar-refractivity contribution in [3.05, 3.63) is 61.1 Å². The predicted octanol–water partition coefficient (Wildman–Crippen LogP) is 4.66. The molecule has 0 radical (unpaired) electrons. The predicted molar refractivity (Wildman–Crippen MR) is 90.1 cm³/mol. The zero-order chi connectivity index (χ0) is 17.4. The second kappa shape index (κ2) is 6.52. The smallest absolute Gasteiger partial charge is 0.274 e. The Hall–Kier alpha value is -1.54. The van der Waals surface area contributed by atoms with Crippen LogP contribution in [0.25, 0.3) is 0 Å². The molecule has 0 aliphatic carbocycles. The topological polar surface area (TPSA) is 89.3 Å². The molecule has 0 bridgehead atoms. The maximum Gasteiger partial charge on any atom is 0.274 e. The van der Waals surface area contributed by atoms with Gasteiger partial charge < -0.3 is 0 Å². The second-order valence-corrected chi connectivity index (χ2v) is 7.38. The first-order chi connectivity index (χ1) is 10.6. The van der Waals surface area contributed by atoms with Gasteiger partial charge in [0.2, 0.25) is 0 Å². The van der Waals surface area contributed by atoms with E-state index in [0.717, 1.165) is 6.07 Å². The fraction of sp³-hybridized carbons (Fsp3) is 0.0769. The summed E-state index contributed by atoms with van der Waals surface area (Å²) >= 11 is 17.5. The van der Waals surface area contributed by atoms with Crippen LogP contribution < -0.4 is 4.72 Å². The van der Waals surface area contributed by atoms with E-state index in [1.54, 1.807) is 0 Å². The van der Waals surface area contributed by atoms with Crippen molar-refractivity contribution in [1.29, 1.82) is 0 Å². The van der Waals surface area contributed by atoms with E-state index < -0.39 is 14.9 Å². The Morgan fingerprint density at radius 2 is 1.70 bits per heavy atom. The summed E-state index contributed by atoms with van der Waals surface area (Å²) in [7, 11) is -4.10. The second-order valence-electron chi connectivity index (χ2n) is 4.51. The van der Waals surface area contributed by atoms with E-state index in [0.29, 0.717) is 0 Å². The summed E-state index contributed by atoms with van der Waals surface area (Å²) in [6, 6.07) is 6.38. The maximum absolute atomic E-state index is 12.5. The number of nitro benzene ring substituents is 1. The van der Waals surface area contributed by atoms with Crippen LogP contribution >= 0.6 is 34.8 Å². The molecule has 0 aromatic heterocycles. The van der Waals surface area contributed by atoms with Gasteiger partial charge in [-0.05, 0) is 25.1 Å². The van der Waals surface area contributed by atoms with Gasteiger partial charge in [0.1, 0.15) is 4.90 Å². The number of hydrogen-bond donors (Lipinski definition) is 1. The number of halogens is 3. The molecule has 23 heavy (non-hydrogen) atoms. The number of nitrogens with zero attached hydrogens (tertiary/aromatic N) is 1. The molecule has 2 aromatic rings. The lowest BCUT2D eigenvalue weighted by Crippen LogP contribution is -2.14. The third kappa shape index (κ3) is 3.69. The Morgan fingerprint density at radius 1 is 1.09 bits per heavy atom. The van der Waals surface area contributed by atoms with Crippen molar-refractivity contribution >= 4 is 56.2 Å². The first-order valence-corrected chi connectivity index (χ1v) is 8.66. The molecule has 0 spiro atoms. The van der Waals surface area contributed by atoms with Gasteiger partial charge in [0.25, 0.3) is 15.7 Å². The first-order valence-electron chi connectivity index (χ1n) is 6.05. The van der Waals surface area contributed by atoms with Crippen molar-refractivity contribution in [2.24, 2.45) is 0 Å². The van der Waals surface area contributed by atoms with Crippen LogP contribution in [-0.2, 0) is 10.0 Å². The largest absolute Gasteiger partial charge is 0.279 e. The molecule has 2 rings (SSSR count). The maximum atomic E-state index is 12.5. The number of anilines is 1. The van der Waals surface area contributed by atoms with Crippen LogP contribution in [-0.4, -0.2) is 13.3 Å². The lowest BCUT2D eigenvalue weighted by atomic mass is 10.2. The SMILES string of the molecule is Cc1c(NS(=O)(=O)c2cc(Cl)c(Cl)cc2Cl)cccc1[N+](=O)[O-]. The van der Waals surface area contributed by atoms with Crippen LogP contribution in [0.15, 0.2) is 35.2 Å². The monoisotopic (exact) mass is 394 g/mol. The quantitative estimate of drug-likeness (QED) is 0.463. The summed E-state index contributed by atoms with van der Waals surface area (Å²) in [5.41, 5.74) is 0.0454. The van der Waals surface area contributed by atoms with Gasteiger partial charge in [0, 0.05) is 6.07 Å². The molecule has 122 valence electrons. The average Bonchev–Trinajstić information content (AvgIpc) is 2.44. The fourth-order valence-electron chi connectivity index (χ4n) is 1.84. The van der Waals surface area contributed by atoms with Gasteiger partial charge in [-0.15, -0.1) is 0 Å². The first kappa shape index (κ1) is 17.8. The highest BCUT2D eigenvalue weighted by Gasteiger charge is 2.22. The summed E-state index contributed by atoms with van der Waals surface area (Å²) in [5, 5.41) is 10.9. The molecular weight excluding hydrogens is 387 g/mol. The Kier molecular flexibility index (Phi) is 5.05. The van der Waals surface area contributed by atoms with E-state index in [4.69, 9.17) is 34.8 Å². The lowest BCUT2D eigenvalue weighted by Gasteiger charge is -2.12. The molecule has 2 aromatic carbocycles. The minimum atomic E-state index is -4.10. The Bertz CT molecular complexity index is 900. The van der Waals surface area contributed by atoms with Gasteiger partial charge in [-0.3, -0.25) is 14.8 Å². The molecule has 0 atom stereocenters. The Balaban J connectivity index is 2.50. The van der Waals surface area contributed by atoms with Crippen molar-refractivity contribution in [3.63, 3.8) is 0 Å². The van der Waals surface area contributed by atoms with Gasteiger partial charge in [-0.1, -0.05) is 40.9 Å². The standard InChI is InChI=1S/C13H9Cl3N2O4S/c1-7-11(3-2-4-12(7)18(19)20)17-23(21,22)13-6-9(15)8(14)5-10(13)16/h2-6,17H,1H3. The lowest BCUT2D eigenvalue weighted by molar-refractivity contribution is -0.385. The van der Waals surface area contributed by atoms with Gasteiger partial charge in [0.15, 0.2) is 0 Å². The molecule has 0 unspecified atom stereocenters. The molecule has 0 aliphatic heterocycles. The van der Waals surface area contributed by atoms with Crippen LogP contribution in [0.4, 0.5) is 11.4 Å². The normalized spacial score (nSPS) is 11.3. The highest BCUT2D eigenvalue weighted by molar-refractivity contribution is 7.92. The molecule has 6 nitrogen and oxygen atoms in total. The van der Waals surface area contributed by atoms with Crippen LogP contribution in [0.3, 0.4) is 0 Å². The van der Waals surface area contributed by atoms with E-state index in [1.165, 1.54) is 31.2 Å². The molecular formula is C13H9Cl3N2O4S. The molecule has 1 N–H and O–H groups in total. The molecule has 0 saturated carbocycles. The average molecular weight is 396 g/mol. The van der Waals surface area contributed by atoms with Crippen LogP contribution in [0.2, 0.25) is 15.1 Å². The van der Waals surface area contributed by atoms with E-state index in [-0.39, 0.29) is 36.9 Å². The number of nitro groups is 1. The van der Waals surface area contributed by atoms with Crippen LogP contribution in [0, 0.1) is 17.0 Å². The summed E-state index contributed by atoms with van der Waals surface area (Å²) in [5.74, 6) is 0. The van der Waals surface area contributed by atoms with E-state index >= 15 is 0 Å². The summed E-state index contributed by atoms with van der Waals surface area (Å²) in [4.78, 5) is 10.0. The zero-order valence-electron chi connectivity index (χ0n) is 11.5. The highest BCUT2D eigenvalue weighted by Crippen LogP contribution is 2.33.